The Balaban J connectivity index is 1.14. The van der Waals surface area contributed by atoms with Crippen LogP contribution in [0.5, 0.6) is 0 Å². The average Bonchev–Trinajstić information content (AvgIpc) is 3.58. The molecule has 0 spiro atoms. The van der Waals surface area contributed by atoms with Crippen LogP contribution in [0.3, 0.4) is 0 Å². The molecule has 0 heterocycles. The van der Waals surface area contributed by atoms with E-state index in [-0.39, 0.29) is 5.41 Å². The molecule has 0 fully saturated rings. The van der Waals surface area contributed by atoms with E-state index in [1.165, 1.54) is 127 Å². The molecule has 11 aromatic rings. The standard InChI is InChI=1S/C64H46/c1-41-35-50(30-31-51(41)49-29-32-53-52-25-15-16-26-60(52)64(2,3)61(53)40-49)62-54-33-27-48(43-19-9-5-10-20-43)39-58(54)63(55-34-28-47(38-57(55)62)42-17-7-4-8-18-42)59-37-46-24-14-13-23-45(46)36-56(59)44-21-11-6-12-22-44/h4-40H,1-3H3. The number of benzene rings is 11. The lowest BCUT2D eigenvalue weighted by Crippen LogP contribution is -2.14. The number of rotatable bonds is 6. The van der Waals surface area contributed by atoms with Crippen LogP contribution < -0.4 is 0 Å². The van der Waals surface area contributed by atoms with Crippen molar-refractivity contribution in [1.29, 1.82) is 0 Å². The van der Waals surface area contributed by atoms with E-state index in [1.54, 1.807) is 0 Å². The highest BCUT2D eigenvalue weighted by Gasteiger charge is 2.35. The highest BCUT2D eigenvalue weighted by atomic mass is 14.4. The van der Waals surface area contributed by atoms with Crippen molar-refractivity contribution < 1.29 is 0 Å². The summed E-state index contributed by atoms with van der Waals surface area (Å²) in [6, 6.07) is 83.7. The largest absolute Gasteiger partial charge is 0.0622 e. The zero-order chi connectivity index (χ0) is 42.9. The fourth-order valence-electron chi connectivity index (χ4n) is 10.8. The molecule has 64 heavy (non-hydrogen) atoms. The maximum atomic E-state index is 2.45. The summed E-state index contributed by atoms with van der Waals surface area (Å²) in [4.78, 5) is 0. The van der Waals surface area contributed by atoms with Crippen molar-refractivity contribution in [2.45, 2.75) is 26.2 Å². The van der Waals surface area contributed by atoms with Crippen LogP contribution in [0.2, 0.25) is 0 Å². The summed E-state index contributed by atoms with van der Waals surface area (Å²) in [5.74, 6) is 0. The second kappa shape index (κ2) is 14.9. The van der Waals surface area contributed by atoms with Crippen LogP contribution in [-0.4, -0.2) is 0 Å². The summed E-state index contributed by atoms with van der Waals surface area (Å²) >= 11 is 0. The molecule has 0 nitrogen and oxygen atoms in total. The lowest BCUT2D eigenvalue weighted by Gasteiger charge is -2.23. The molecule has 0 amide bonds. The Kier molecular flexibility index (Phi) is 8.85. The van der Waals surface area contributed by atoms with Gasteiger partial charge in [-0.1, -0.05) is 208 Å². The van der Waals surface area contributed by atoms with Gasteiger partial charge < -0.3 is 0 Å². The van der Waals surface area contributed by atoms with E-state index >= 15 is 0 Å². The first-order chi connectivity index (χ1) is 31.4. The van der Waals surface area contributed by atoms with Crippen molar-refractivity contribution in [2.24, 2.45) is 0 Å². The maximum Gasteiger partial charge on any atom is 0.0159 e. The summed E-state index contributed by atoms with van der Waals surface area (Å²) in [7, 11) is 0. The van der Waals surface area contributed by atoms with Gasteiger partial charge in [0.25, 0.3) is 0 Å². The van der Waals surface area contributed by atoms with Crippen molar-refractivity contribution in [1.82, 2.24) is 0 Å². The van der Waals surface area contributed by atoms with Gasteiger partial charge in [0.1, 0.15) is 0 Å². The van der Waals surface area contributed by atoms with Crippen molar-refractivity contribution >= 4 is 32.3 Å². The lowest BCUT2D eigenvalue weighted by atomic mass is 9.80. The quantitative estimate of drug-likeness (QED) is 0.147. The van der Waals surface area contributed by atoms with E-state index in [9.17, 15) is 0 Å². The van der Waals surface area contributed by atoms with Gasteiger partial charge in [0.05, 0.1) is 0 Å². The molecule has 0 unspecified atom stereocenters. The number of fused-ring (bicyclic) bond motifs is 6. The monoisotopic (exact) mass is 814 g/mol. The molecule has 0 radical (unpaired) electrons. The van der Waals surface area contributed by atoms with E-state index in [4.69, 9.17) is 0 Å². The molecule has 0 bridgehead atoms. The molecular formula is C64H46. The van der Waals surface area contributed by atoms with E-state index in [0.29, 0.717) is 0 Å². The molecule has 0 aromatic heterocycles. The van der Waals surface area contributed by atoms with Gasteiger partial charge in [-0.05, 0) is 164 Å². The molecule has 0 aliphatic heterocycles. The summed E-state index contributed by atoms with van der Waals surface area (Å²) in [5.41, 5.74) is 21.5. The van der Waals surface area contributed by atoms with Gasteiger partial charge in [0.2, 0.25) is 0 Å². The average molecular weight is 815 g/mol. The molecule has 302 valence electrons. The Bertz CT molecular complexity index is 3610. The van der Waals surface area contributed by atoms with Crippen molar-refractivity contribution in [3.63, 3.8) is 0 Å². The Morgan fingerprint density at radius 3 is 1.39 bits per heavy atom. The van der Waals surface area contributed by atoms with E-state index in [1.807, 2.05) is 0 Å². The normalized spacial score (nSPS) is 12.7. The van der Waals surface area contributed by atoms with Gasteiger partial charge in [0, 0.05) is 5.41 Å². The topological polar surface area (TPSA) is 0 Å². The molecule has 11 aromatic carbocycles. The summed E-state index contributed by atoms with van der Waals surface area (Å²) in [5, 5.41) is 7.43. The summed E-state index contributed by atoms with van der Waals surface area (Å²) in [6.45, 7) is 7.02. The maximum absolute atomic E-state index is 2.45. The minimum absolute atomic E-state index is 0.0597. The zero-order valence-electron chi connectivity index (χ0n) is 36.4. The van der Waals surface area contributed by atoms with Crippen LogP contribution in [-0.2, 0) is 5.41 Å². The Labute approximate surface area is 375 Å². The van der Waals surface area contributed by atoms with Gasteiger partial charge in [0.15, 0.2) is 0 Å². The second-order valence-corrected chi connectivity index (χ2v) is 18.1. The highest BCUT2D eigenvalue weighted by molar-refractivity contribution is 6.24. The first-order valence-electron chi connectivity index (χ1n) is 22.5. The van der Waals surface area contributed by atoms with Crippen LogP contribution in [0.1, 0.15) is 30.5 Å². The van der Waals surface area contributed by atoms with Gasteiger partial charge in [-0.15, -0.1) is 0 Å². The van der Waals surface area contributed by atoms with Crippen LogP contribution >= 0.6 is 0 Å². The van der Waals surface area contributed by atoms with E-state index in [0.717, 1.165) is 0 Å². The van der Waals surface area contributed by atoms with Gasteiger partial charge in [-0.2, -0.15) is 0 Å². The first-order valence-corrected chi connectivity index (χ1v) is 22.5. The van der Waals surface area contributed by atoms with Crippen LogP contribution in [0.15, 0.2) is 224 Å². The Morgan fingerprint density at radius 2 is 0.750 bits per heavy atom. The third-order valence-electron chi connectivity index (χ3n) is 14.0. The Morgan fingerprint density at radius 1 is 0.266 bits per heavy atom. The molecular weight excluding hydrogens is 769 g/mol. The first kappa shape index (κ1) is 37.9. The molecule has 1 aliphatic rings. The highest BCUT2D eigenvalue weighted by Crippen LogP contribution is 2.51. The zero-order valence-corrected chi connectivity index (χ0v) is 36.4. The molecule has 1 aliphatic carbocycles. The minimum atomic E-state index is -0.0597. The van der Waals surface area contributed by atoms with Crippen molar-refractivity contribution in [3.05, 3.63) is 241 Å². The third kappa shape index (κ3) is 6.13. The summed E-state index contributed by atoms with van der Waals surface area (Å²) < 4.78 is 0. The summed E-state index contributed by atoms with van der Waals surface area (Å²) in [6.07, 6.45) is 0. The fourth-order valence-corrected chi connectivity index (χ4v) is 10.8. The predicted octanol–water partition coefficient (Wildman–Crippen LogP) is 17.8. The second-order valence-electron chi connectivity index (χ2n) is 18.1. The van der Waals surface area contributed by atoms with Gasteiger partial charge in [-0.25, -0.2) is 0 Å². The fraction of sp³-hybridized carbons (Fsp3) is 0.0625. The van der Waals surface area contributed by atoms with Crippen LogP contribution in [0.4, 0.5) is 0 Å². The van der Waals surface area contributed by atoms with Gasteiger partial charge >= 0.3 is 0 Å². The molecule has 0 N–H and O–H groups in total. The van der Waals surface area contributed by atoms with Crippen LogP contribution in [0.25, 0.3) is 110 Å². The van der Waals surface area contributed by atoms with Crippen molar-refractivity contribution in [2.75, 3.05) is 0 Å². The molecule has 0 heteroatoms. The lowest BCUT2D eigenvalue weighted by molar-refractivity contribution is 0.660. The third-order valence-corrected chi connectivity index (χ3v) is 14.0. The van der Waals surface area contributed by atoms with Gasteiger partial charge in [-0.3, -0.25) is 0 Å². The number of hydrogen-bond acceptors (Lipinski definition) is 0. The number of hydrogen-bond donors (Lipinski definition) is 0. The smallest absolute Gasteiger partial charge is 0.0159 e. The molecule has 0 atom stereocenters. The molecule has 12 rings (SSSR count). The van der Waals surface area contributed by atoms with Crippen molar-refractivity contribution in [3.8, 4) is 77.9 Å². The molecule has 0 saturated heterocycles. The van der Waals surface area contributed by atoms with E-state index < -0.39 is 0 Å². The number of aryl methyl sites for hydroxylation is 1. The Hall–Kier alpha value is -7.80. The molecule has 0 saturated carbocycles. The SMILES string of the molecule is Cc1cc(-c2c3cc(-c4ccccc4)ccc3c(-c3cc4ccccc4cc3-c3ccccc3)c3cc(-c4ccccc4)ccc23)ccc1-c1ccc2c(c1)C(C)(C)c1ccccc1-2. The van der Waals surface area contributed by atoms with E-state index in [2.05, 4.69) is 245 Å². The predicted molar refractivity (Wildman–Crippen MR) is 274 cm³/mol. The minimum Gasteiger partial charge on any atom is -0.0622 e. The van der Waals surface area contributed by atoms with Crippen LogP contribution in [0, 0.1) is 6.92 Å².